The van der Waals surface area contributed by atoms with Gasteiger partial charge in [0.2, 0.25) is 0 Å². The second-order valence-corrected chi connectivity index (χ2v) is 3.08. The van der Waals surface area contributed by atoms with E-state index >= 15 is 0 Å². The molecule has 1 N–H and O–H groups in total. The molecule has 1 rings (SSSR count). The highest BCUT2D eigenvalue weighted by atomic mass is 19.1. The van der Waals surface area contributed by atoms with Gasteiger partial charge in [-0.25, -0.2) is 9.18 Å². The lowest BCUT2D eigenvalue weighted by Crippen LogP contribution is -2.40. The van der Waals surface area contributed by atoms with Crippen molar-refractivity contribution in [3.05, 3.63) is 0 Å². The van der Waals surface area contributed by atoms with Crippen LogP contribution in [0.25, 0.3) is 0 Å². The topological polar surface area (TPSA) is 66.8 Å². The Morgan fingerprint density at radius 1 is 1.79 bits per heavy atom. The van der Waals surface area contributed by atoms with Crippen LogP contribution in [-0.2, 0) is 14.3 Å². The Balaban J connectivity index is 2.66. The van der Waals surface area contributed by atoms with Crippen LogP contribution < -0.4 is 0 Å². The minimum Gasteiger partial charge on any atom is -0.480 e. The predicted molar refractivity (Wildman–Crippen MR) is 44.5 cm³/mol. The highest BCUT2D eigenvalue weighted by Gasteiger charge is 2.43. The zero-order valence-electron chi connectivity index (χ0n) is 7.77. The molecule has 14 heavy (non-hydrogen) atoms. The third-order valence-corrected chi connectivity index (χ3v) is 2.18. The first-order chi connectivity index (χ1) is 6.57. The molecule has 1 heterocycles. The van der Waals surface area contributed by atoms with Crippen LogP contribution in [0, 0.1) is 0 Å². The van der Waals surface area contributed by atoms with Gasteiger partial charge in [0.15, 0.2) is 6.17 Å². The third-order valence-electron chi connectivity index (χ3n) is 2.18. The molecule has 0 unspecified atom stereocenters. The van der Waals surface area contributed by atoms with Gasteiger partial charge in [-0.15, -0.1) is 0 Å². The molecule has 0 aromatic rings. The molecule has 0 spiro atoms. The molecule has 0 aromatic heterocycles. The van der Waals surface area contributed by atoms with E-state index in [0.29, 0.717) is 0 Å². The maximum absolute atomic E-state index is 12.9. The molecule has 80 valence electrons. The summed E-state index contributed by atoms with van der Waals surface area (Å²) < 4.78 is 17.6. The molecule has 0 aliphatic carbocycles. The fourth-order valence-corrected chi connectivity index (χ4v) is 1.45. The molecule has 1 saturated heterocycles. The van der Waals surface area contributed by atoms with Crippen molar-refractivity contribution in [2.75, 3.05) is 20.3 Å². The lowest BCUT2D eigenvalue weighted by atomic mass is 10.2. The number of likely N-dealkylation sites (tertiary alicyclic amines) is 1. The van der Waals surface area contributed by atoms with E-state index < -0.39 is 24.1 Å². The molecular formula is C8H12FNO4. The van der Waals surface area contributed by atoms with Crippen molar-refractivity contribution in [2.45, 2.75) is 18.6 Å². The van der Waals surface area contributed by atoms with Gasteiger partial charge in [0.05, 0.1) is 6.61 Å². The summed E-state index contributed by atoms with van der Waals surface area (Å²) in [5.41, 5.74) is 0. The normalized spacial score (nSPS) is 27.0. The number of nitrogens with zero attached hydrogens (tertiary/aromatic N) is 1. The average molecular weight is 205 g/mol. The van der Waals surface area contributed by atoms with Gasteiger partial charge in [0.25, 0.3) is 5.91 Å². The van der Waals surface area contributed by atoms with Gasteiger partial charge in [0, 0.05) is 20.1 Å². The Bertz CT molecular complexity index is 245. The number of amides is 1. The molecule has 2 atom stereocenters. The number of rotatable bonds is 4. The van der Waals surface area contributed by atoms with Crippen molar-refractivity contribution in [2.24, 2.45) is 0 Å². The fraction of sp³-hybridized carbons (Fsp3) is 0.750. The summed E-state index contributed by atoms with van der Waals surface area (Å²) in [5, 5.41) is 8.72. The van der Waals surface area contributed by atoms with Gasteiger partial charge >= 0.3 is 5.97 Å². The van der Waals surface area contributed by atoms with Crippen molar-refractivity contribution in [3.8, 4) is 0 Å². The smallest absolute Gasteiger partial charge is 0.326 e. The van der Waals surface area contributed by atoms with Crippen LogP contribution in [0.2, 0.25) is 0 Å². The Morgan fingerprint density at radius 2 is 2.43 bits per heavy atom. The van der Waals surface area contributed by atoms with Crippen molar-refractivity contribution < 1.29 is 23.8 Å². The Hall–Kier alpha value is -1.17. The fourth-order valence-electron chi connectivity index (χ4n) is 1.45. The molecule has 1 amide bonds. The van der Waals surface area contributed by atoms with Gasteiger partial charge in [-0.3, -0.25) is 4.79 Å². The van der Waals surface area contributed by atoms with Gasteiger partial charge in [-0.2, -0.15) is 0 Å². The molecule has 0 radical (unpaired) electrons. The van der Waals surface area contributed by atoms with Gasteiger partial charge in [0.1, 0.15) is 6.04 Å². The van der Waals surface area contributed by atoms with Crippen LogP contribution in [-0.4, -0.2) is 54.4 Å². The molecular weight excluding hydrogens is 193 g/mol. The number of carboxylic acids is 1. The van der Waals surface area contributed by atoms with Crippen LogP contribution in [0.1, 0.15) is 6.42 Å². The third kappa shape index (κ3) is 2.01. The maximum atomic E-state index is 12.9. The number of ether oxygens (including phenoxy) is 1. The summed E-state index contributed by atoms with van der Waals surface area (Å²) in [6, 6.07) is -1.05. The molecule has 5 nitrogen and oxygen atoms in total. The summed E-state index contributed by atoms with van der Waals surface area (Å²) in [6.07, 6.45) is -1.95. The number of hydrogen-bond donors (Lipinski definition) is 1. The number of aliphatic carboxylic acids is 1. The lowest BCUT2D eigenvalue weighted by Gasteiger charge is -2.20. The predicted octanol–water partition coefficient (Wildman–Crippen LogP) is -0.344. The van der Waals surface area contributed by atoms with E-state index in [2.05, 4.69) is 0 Å². The molecule has 1 aliphatic heterocycles. The Labute approximate surface area is 80.4 Å². The van der Waals surface area contributed by atoms with E-state index in [0.717, 1.165) is 4.90 Å². The molecule has 6 heteroatoms. The molecule has 0 aromatic carbocycles. The van der Waals surface area contributed by atoms with Crippen LogP contribution in [0.4, 0.5) is 4.39 Å². The summed E-state index contributed by atoms with van der Waals surface area (Å²) in [5.74, 6) is -1.93. The second-order valence-electron chi connectivity index (χ2n) is 3.08. The van der Waals surface area contributed by atoms with Crippen molar-refractivity contribution >= 4 is 11.9 Å². The highest BCUT2D eigenvalue weighted by Crippen LogP contribution is 2.21. The minimum absolute atomic E-state index is 0.118. The first-order valence-electron chi connectivity index (χ1n) is 4.24. The minimum atomic E-state index is -1.69. The Morgan fingerprint density at radius 3 is 2.93 bits per heavy atom. The van der Waals surface area contributed by atoms with Crippen molar-refractivity contribution in [3.63, 3.8) is 0 Å². The van der Waals surface area contributed by atoms with E-state index in [1.54, 1.807) is 0 Å². The van der Waals surface area contributed by atoms with Gasteiger partial charge < -0.3 is 14.7 Å². The van der Waals surface area contributed by atoms with Gasteiger partial charge in [-0.05, 0) is 0 Å². The number of carbonyl (C=O) groups is 2. The van der Waals surface area contributed by atoms with Crippen molar-refractivity contribution in [1.82, 2.24) is 4.90 Å². The summed E-state index contributed by atoms with van der Waals surface area (Å²) in [6.45, 7) is 0.328. The summed E-state index contributed by atoms with van der Waals surface area (Å²) in [4.78, 5) is 22.8. The molecule has 0 saturated carbocycles. The number of hydrogen-bond acceptors (Lipinski definition) is 3. The quantitative estimate of drug-likeness (QED) is 0.681. The molecule has 1 aliphatic rings. The van der Waals surface area contributed by atoms with Gasteiger partial charge in [-0.1, -0.05) is 0 Å². The maximum Gasteiger partial charge on any atom is 0.326 e. The SMILES string of the molecule is COCCN1C(=O)[C@@H](F)C[C@H]1C(=O)O. The van der Waals surface area contributed by atoms with E-state index in [9.17, 15) is 14.0 Å². The summed E-state index contributed by atoms with van der Waals surface area (Å²) in [7, 11) is 1.43. The average Bonchev–Trinajstić information content (AvgIpc) is 2.41. The highest BCUT2D eigenvalue weighted by molar-refractivity contribution is 5.90. The monoisotopic (exact) mass is 205 g/mol. The van der Waals surface area contributed by atoms with Crippen LogP contribution in [0.5, 0.6) is 0 Å². The number of halogens is 1. The number of carboxylic acid groups (broad SMARTS) is 1. The number of alkyl halides is 1. The number of methoxy groups -OCH3 is 1. The first-order valence-corrected chi connectivity index (χ1v) is 4.24. The Kier molecular flexibility index (Phi) is 3.40. The lowest BCUT2D eigenvalue weighted by molar-refractivity contribution is -0.146. The standard InChI is InChI=1S/C8H12FNO4/c1-14-3-2-10-6(8(12)13)4-5(9)7(10)11/h5-6H,2-4H2,1H3,(H,12,13)/t5-,6-/m0/s1. The van der Waals surface area contributed by atoms with E-state index in [1.807, 2.05) is 0 Å². The van der Waals surface area contributed by atoms with Crippen LogP contribution in [0.15, 0.2) is 0 Å². The van der Waals surface area contributed by atoms with Crippen LogP contribution >= 0.6 is 0 Å². The number of carbonyl (C=O) groups excluding carboxylic acids is 1. The summed E-state index contributed by atoms with van der Waals surface area (Å²) >= 11 is 0. The van der Waals surface area contributed by atoms with E-state index in [-0.39, 0.29) is 19.6 Å². The molecule has 0 bridgehead atoms. The second kappa shape index (κ2) is 4.36. The van der Waals surface area contributed by atoms with Crippen molar-refractivity contribution in [1.29, 1.82) is 0 Å². The zero-order chi connectivity index (χ0) is 10.7. The van der Waals surface area contributed by atoms with E-state index in [4.69, 9.17) is 9.84 Å². The zero-order valence-corrected chi connectivity index (χ0v) is 7.77. The van der Waals surface area contributed by atoms with Crippen LogP contribution in [0.3, 0.4) is 0 Å². The first kappa shape index (κ1) is 10.9. The molecule has 1 fully saturated rings. The largest absolute Gasteiger partial charge is 0.480 e. The van der Waals surface area contributed by atoms with E-state index in [1.165, 1.54) is 7.11 Å².